The molecule has 16 heavy (non-hydrogen) atoms. The average Bonchev–Trinajstić information content (AvgIpc) is 2.26. The largest absolute Gasteiger partial charge is 0.157 e. The van der Waals surface area contributed by atoms with Crippen molar-refractivity contribution >= 4 is 39.3 Å². The third-order valence-electron chi connectivity index (χ3n) is 2.65. The molecule has 0 saturated carbocycles. The number of thioether (sulfide) groups is 1. The van der Waals surface area contributed by atoms with Gasteiger partial charge in [-0.25, -0.2) is 0 Å². The molecule has 0 N–H and O–H groups in total. The Kier molecular flexibility index (Phi) is 6.86. The summed E-state index contributed by atoms with van der Waals surface area (Å²) in [5, 5.41) is 1.91. The van der Waals surface area contributed by atoms with E-state index in [-0.39, 0.29) is 0 Å². The lowest BCUT2D eigenvalue weighted by atomic mass is 10.0. The highest BCUT2D eigenvalue weighted by Crippen LogP contribution is 2.22. The minimum atomic E-state index is 0.747. The van der Waals surface area contributed by atoms with Crippen LogP contribution < -0.4 is 0 Å². The van der Waals surface area contributed by atoms with Gasteiger partial charge in [0, 0.05) is 16.1 Å². The van der Waals surface area contributed by atoms with Gasteiger partial charge in [-0.05, 0) is 35.3 Å². The van der Waals surface area contributed by atoms with Crippen molar-refractivity contribution in [3.05, 3.63) is 34.9 Å². The molecule has 0 amide bonds. The standard InChI is InChI=1S/C13H18BrClS/c1-10(2)12(7-14)9-16-8-11-3-5-13(15)6-4-11/h3-6,10,12H,7-9H2,1-2H3. The molecule has 0 aliphatic heterocycles. The Morgan fingerprint density at radius 3 is 2.38 bits per heavy atom. The second-order valence-corrected chi connectivity index (χ2v) is 6.41. The summed E-state index contributed by atoms with van der Waals surface area (Å²) in [6.45, 7) is 4.57. The lowest BCUT2D eigenvalue weighted by Gasteiger charge is -2.17. The maximum Gasteiger partial charge on any atom is 0.0406 e. The fourth-order valence-corrected chi connectivity index (χ4v) is 4.08. The molecule has 0 spiro atoms. The Hall–Kier alpha value is 0.340. The van der Waals surface area contributed by atoms with E-state index in [2.05, 4.69) is 41.9 Å². The highest BCUT2D eigenvalue weighted by Gasteiger charge is 2.11. The average molecular weight is 322 g/mol. The van der Waals surface area contributed by atoms with Crippen LogP contribution in [-0.4, -0.2) is 11.1 Å². The zero-order valence-corrected chi connectivity index (χ0v) is 12.9. The molecular weight excluding hydrogens is 304 g/mol. The molecule has 0 fully saturated rings. The van der Waals surface area contributed by atoms with Gasteiger partial charge in [0.2, 0.25) is 0 Å². The van der Waals surface area contributed by atoms with E-state index in [1.165, 1.54) is 11.3 Å². The van der Waals surface area contributed by atoms with E-state index < -0.39 is 0 Å². The first-order chi connectivity index (χ1) is 7.63. The summed E-state index contributed by atoms with van der Waals surface area (Å²) in [4.78, 5) is 0. The van der Waals surface area contributed by atoms with E-state index >= 15 is 0 Å². The summed E-state index contributed by atoms with van der Waals surface area (Å²) in [6.07, 6.45) is 0. The molecule has 1 unspecified atom stereocenters. The molecule has 1 atom stereocenters. The van der Waals surface area contributed by atoms with Gasteiger partial charge in [-0.3, -0.25) is 0 Å². The molecule has 0 saturated heterocycles. The minimum absolute atomic E-state index is 0.747. The van der Waals surface area contributed by atoms with Crippen molar-refractivity contribution in [3.8, 4) is 0 Å². The number of benzene rings is 1. The first-order valence-corrected chi connectivity index (χ1v) is 8.17. The summed E-state index contributed by atoms with van der Waals surface area (Å²) in [5.74, 6) is 3.80. The molecule has 1 aromatic rings. The monoisotopic (exact) mass is 320 g/mol. The van der Waals surface area contributed by atoms with Crippen LogP contribution in [0.25, 0.3) is 0 Å². The number of hydrogen-bond acceptors (Lipinski definition) is 1. The van der Waals surface area contributed by atoms with Gasteiger partial charge in [0.1, 0.15) is 0 Å². The van der Waals surface area contributed by atoms with Gasteiger partial charge in [-0.1, -0.05) is 53.5 Å². The quantitative estimate of drug-likeness (QED) is 0.646. The van der Waals surface area contributed by atoms with Gasteiger partial charge in [0.15, 0.2) is 0 Å². The molecule has 1 rings (SSSR count). The molecular formula is C13H18BrClS. The Labute approximate surface area is 116 Å². The Balaban J connectivity index is 2.32. The molecule has 0 nitrogen and oxygen atoms in total. The maximum atomic E-state index is 5.85. The summed E-state index contributed by atoms with van der Waals surface area (Å²) < 4.78 is 0. The molecule has 0 aromatic heterocycles. The molecule has 0 radical (unpaired) electrons. The minimum Gasteiger partial charge on any atom is -0.157 e. The van der Waals surface area contributed by atoms with E-state index in [0.717, 1.165) is 27.9 Å². The van der Waals surface area contributed by atoms with Crippen LogP contribution in [0.2, 0.25) is 5.02 Å². The van der Waals surface area contributed by atoms with E-state index in [4.69, 9.17) is 11.6 Å². The van der Waals surface area contributed by atoms with Crippen LogP contribution in [-0.2, 0) is 5.75 Å². The van der Waals surface area contributed by atoms with Crippen LogP contribution in [0.4, 0.5) is 0 Å². The second kappa shape index (κ2) is 7.62. The zero-order valence-electron chi connectivity index (χ0n) is 9.75. The molecule has 0 heterocycles. The van der Waals surface area contributed by atoms with Crippen LogP contribution >= 0.6 is 39.3 Å². The summed E-state index contributed by atoms with van der Waals surface area (Å²) >= 11 is 11.4. The van der Waals surface area contributed by atoms with Crippen LogP contribution in [0.15, 0.2) is 24.3 Å². The van der Waals surface area contributed by atoms with Gasteiger partial charge < -0.3 is 0 Å². The number of alkyl halides is 1. The second-order valence-electron chi connectivity index (χ2n) is 4.30. The Morgan fingerprint density at radius 2 is 1.88 bits per heavy atom. The van der Waals surface area contributed by atoms with E-state index in [1.807, 2.05) is 23.9 Å². The van der Waals surface area contributed by atoms with Crippen molar-refractivity contribution in [1.29, 1.82) is 0 Å². The third kappa shape index (κ3) is 5.11. The smallest absolute Gasteiger partial charge is 0.0406 e. The molecule has 3 heteroatoms. The zero-order chi connectivity index (χ0) is 12.0. The molecule has 1 aromatic carbocycles. The Bertz CT molecular complexity index is 297. The van der Waals surface area contributed by atoms with Crippen molar-refractivity contribution in [3.63, 3.8) is 0 Å². The van der Waals surface area contributed by atoms with Crippen LogP contribution in [0, 0.1) is 11.8 Å². The number of halogens is 2. The van der Waals surface area contributed by atoms with Crippen molar-refractivity contribution in [1.82, 2.24) is 0 Å². The van der Waals surface area contributed by atoms with Gasteiger partial charge >= 0.3 is 0 Å². The normalized spacial score (nSPS) is 13.1. The van der Waals surface area contributed by atoms with Gasteiger partial charge in [-0.2, -0.15) is 11.8 Å². The summed E-state index contributed by atoms with van der Waals surface area (Å²) in [6, 6.07) is 8.13. The SMILES string of the molecule is CC(C)C(CBr)CSCc1ccc(Cl)cc1. The van der Waals surface area contributed by atoms with Gasteiger partial charge in [0.25, 0.3) is 0 Å². The van der Waals surface area contributed by atoms with Crippen LogP contribution in [0.5, 0.6) is 0 Å². The van der Waals surface area contributed by atoms with Gasteiger partial charge in [0.05, 0.1) is 0 Å². The first-order valence-electron chi connectivity index (χ1n) is 5.51. The van der Waals surface area contributed by atoms with Crippen LogP contribution in [0.1, 0.15) is 19.4 Å². The lowest BCUT2D eigenvalue weighted by Crippen LogP contribution is -2.13. The fraction of sp³-hybridized carbons (Fsp3) is 0.538. The highest BCUT2D eigenvalue weighted by atomic mass is 79.9. The summed E-state index contributed by atoms with van der Waals surface area (Å²) in [7, 11) is 0. The van der Waals surface area contributed by atoms with Crippen molar-refractivity contribution in [2.24, 2.45) is 11.8 Å². The van der Waals surface area contributed by atoms with Crippen molar-refractivity contribution in [2.45, 2.75) is 19.6 Å². The van der Waals surface area contributed by atoms with Gasteiger partial charge in [-0.15, -0.1) is 0 Å². The van der Waals surface area contributed by atoms with Crippen LogP contribution in [0.3, 0.4) is 0 Å². The maximum absolute atomic E-state index is 5.85. The predicted molar refractivity (Wildman–Crippen MR) is 79.7 cm³/mol. The van der Waals surface area contributed by atoms with Crippen molar-refractivity contribution < 1.29 is 0 Å². The Morgan fingerprint density at radius 1 is 1.25 bits per heavy atom. The number of hydrogen-bond donors (Lipinski definition) is 0. The number of rotatable bonds is 6. The fourth-order valence-electron chi connectivity index (χ4n) is 1.32. The molecule has 0 aliphatic carbocycles. The van der Waals surface area contributed by atoms with Crippen molar-refractivity contribution in [2.75, 3.05) is 11.1 Å². The topological polar surface area (TPSA) is 0 Å². The third-order valence-corrected chi connectivity index (χ3v) is 4.94. The first kappa shape index (κ1) is 14.4. The van der Waals surface area contributed by atoms with E-state index in [9.17, 15) is 0 Å². The molecule has 0 aliphatic rings. The van der Waals surface area contributed by atoms with E-state index in [1.54, 1.807) is 0 Å². The lowest BCUT2D eigenvalue weighted by molar-refractivity contribution is 0.474. The molecule has 0 bridgehead atoms. The highest BCUT2D eigenvalue weighted by molar-refractivity contribution is 9.09. The van der Waals surface area contributed by atoms with E-state index in [0.29, 0.717) is 0 Å². The predicted octanol–water partition coefficient (Wildman–Crippen LogP) is 5.24. The summed E-state index contributed by atoms with van der Waals surface area (Å²) in [5.41, 5.74) is 1.35. The molecule has 90 valence electrons.